The molecule has 1 aromatic carbocycles. The number of nitrogens with one attached hydrogen (secondary N) is 1. The van der Waals surface area contributed by atoms with Gasteiger partial charge < -0.3 is 14.8 Å². The Kier molecular flexibility index (Phi) is 3.66. The number of nitrogens with zero attached hydrogens (tertiary/aromatic N) is 1. The number of para-hydroxylation sites is 1. The molecule has 18 heavy (non-hydrogen) atoms. The quantitative estimate of drug-likeness (QED) is 0.912. The van der Waals surface area contributed by atoms with Gasteiger partial charge in [0, 0.05) is 0 Å². The summed E-state index contributed by atoms with van der Waals surface area (Å²) in [5.74, 6) is 0.523. The number of benzene rings is 1. The Balaban J connectivity index is 2.59. The Bertz CT molecular complexity index is 625. The second-order valence-electron chi connectivity index (χ2n) is 3.48. The topological polar surface area (TPSA) is 75.2 Å². The second kappa shape index (κ2) is 5.22. The third kappa shape index (κ3) is 2.38. The van der Waals surface area contributed by atoms with Crippen molar-refractivity contribution in [2.45, 2.75) is 6.92 Å². The molecule has 0 unspecified atom stereocenters. The summed E-state index contributed by atoms with van der Waals surface area (Å²) in [5, 5.41) is 9.54. The average molecular weight is 311 g/mol. The number of ether oxygens (including phenoxy) is 1. The number of rotatable bonds is 3. The van der Waals surface area contributed by atoms with E-state index in [2.05, 4.69) is 25.9 Å². The first kappa shape index (κ1) is 12.6. The van der Waals surface area contributed by atoms with Crippen LogP contribution >= 0.6 is 15.9 Å². The predicted octanol–water partition coefficient (Wildman–Crippen LogP) is 2.30. The molecule has 0 saturated heterocycles. The van der Waals surface area contributed by atoms with Gasteiger partial charge in [-0.15, -0.1) is 0 Å². The summed E-state index contributed by atoms with van der Waals surface area (Å²) in [6.45, 7) is 2.37. The molecule has 0 fully saturated rings. The number of hydrogen-bond acceptors (Lipinski definition) is 4. The zero-order valence-electron chi connectivity index (χ0n) is 9.61. The Morgan fingerprint density at radius 2 is 2.17 bits per heavy atom. The van der Waals surface area contributed by atoms with Gasteiger partial charge in [-0.3, -0.25) is 4.79 Å². The second-order valence-corrected chi connectivity index (χ2v) is 4.27. The molecule has 2 N–H and O–H groups in total. The smallest absolute Gasteiger partial charge is 0.269 e. The maximum absolute atomic E-state index is 11.6. The molecule has 0 amide bonds. The monoisotopic (exact) mass is 310 g/mol. The van der Waals surface area contributed by atoms with Crippen LogP contribution in [0.2, 0.25) is 0 Å². The van der Waals surface area contributed by atoms with Crippen molar-refractivity contribution in [1.82, 2.24) is 9.97 Å². The molecule has 5 nitrogen and oxygen atoms in total. The van der Waals surface area contributed by atoms with Crippen LogP contribution in [0.15, 0.2) is 33.5 Å². The van der Waals surface area contributed by atoms with Gasteiger partial charge in [0.2, 0.25) is 5.88 Å². The molecule has 0 aliphatic heterocycles. The van der Waals surface area contributed by atoms with Crippen molar-refractivity contribution in [2.24, 2.45) is 0 Å². The van der Waals surface area contributed by atoms with Gasteiger partial charge in [0.15, 0.2) is 0 Å². The molecule has 1 aromatic heterocycles. The molecule has 94 valence electrons. The van der Waals surface area contributed by atoms with Gasteiger partial charge in [-0.25, -0.2) is 0 Å². The molecule has 2 rings (SSSR count). The van der Waals surface area contributed by atoms with Gasteiger partial charge in [0.05, 0.1) is 12.2 Å². The van der Waals surface area contributed by atoms with E-state index in [4.69, 9.17) is 4.74 Å². The molecule has 0 spiro atoms. The largest absolute Gasteiger partial charge is 0.493 e. The maximum Gasteiger partial charge on any atom is 0.269 e. The lowest BCUT2D eigenvalue weighted by Gasteiger charge is -2.09. The number of halogens is 1. The van der Waals surface area contributed by atoms with Crippen molar-refractivity contribution in [2.75, 3.05) is 6.61 Å². The molecule has 0 bridgehead atoms. The summed E-state index contributed by atoms with van der Waals surface area (Å²) in [6, 6.07) is 7.16. The van der Waals surface area contributed by atoms with Crippen LogP contribution in [0.25, 0.3) is 11.4 Å². The van der Waals surface area contributed by atoms with E-state index in [-0.39, 0.29) is 16.2 Å². The molecular weight excluding hydrogens is 300 g/mol. The van der Waals surface area contributed by atoms with Crippen LogP contribution in [0.5, 0.6) is 11.6 Å². The molecule has 1 heterocycles. The highest BCUT2D eigenvalue weighted by Crippen LogP contribution is 2.28. The van der Waals surface area contributed by atoms with E-state index < -0.39 is 5.56 Å². The van der Waals surface area contributed by atoms with E-state index in [1.54, 1.807) is 18.2 Å². The standard InChI is InChI=1S/C12H11BrN2O3/c1-2-18-8-6-4-3-5-7(8)10-14-11(16)9(13)12(17)15-10/h3-6H,2H2,1H3,(H2,14,15,16,17). The van der Waals surface area contributed by atoms with E-state index in [1.165, 1.54) is 0 Å². The SMILES string of the molecule is CCOc1ccccc1-c1nc(O)c(Br)c(=O)[nH]1. The molecule has 0 atom stereocenters. The summed E-state index contributed by atoms with van der Waals surface area (Å²) in [4.78, 5) is 18.1. The third-order valence-corrected chi connectivity index (χ3v) is 3.00. The Labute approximate surface area is 112 Å². The summed E-state index contributed by atoms with van der Waals surface area (Å²) in [5.41, 5.74) is 0.183. The zero-order valence-corrected chi connectivity index (χ0v) is 11.2. The lowest BCUT2D eigenvalue weighted by molar-refractivity contribution is 0.341. The van der Waals surface area contributed by atoms with Gasteiger partial charge in [-0.05, 0) is 35.0 Å². The first-order chi connectivity index (χ1) is 8.63. The van der Waals surface area contributed by atoms with Crippen molar-refractivity contribution in [1.29, 1.82) is 0 Å². The highest BCUT2D eigenvalue weighted by atomic mass is 79.9. The number of aromatic nitrogens is 2. The van der Waals surface area contributed by atoms with Crippen LogP contribution in [0.4, 0.5) is 0 Å². The van der Waals surface area contributed by atoms with E-state index in [9.17, 15) is 9.90 Å². The van der Waals surface area contributed by atoms with Crippen LogP contribution in [-0.2, 0) is 0 Å². The molecule has 0 radical (unpaired) electrons. The van der Waals surface area contributed by atoms with Crippen LogP contribution < -0.4 is 10.3 Å². The van der Waals surface area contributed by atoms with E-state index >= 15 is 0 Å². The number of aromatic hydroxyl groups is 1. The van der Waals surface area contributed by atoms with Crippen LogP contribution in [-0.4, -0.2) is 21.7 Å². The van der Waals surface area contributed by atoms with E-state index in [0.29, 0.717) is 17.9 Å². The lowest BCUT2D eigenvalue weighted by Crippen LogP contribution is -2.10. The Morgan fingerprint density at radius 3 is 2.83 bits per heavy atom. The lowest BCUT2D eigenvalue weighted by atomic mass is 10.2. The average Bonchev–Trinajstić information content (AvgIpc) is 2.36. The minimum atomic E-state index is -0.441. The minimum absolute atomic E-state index is 0.0140. The minimum Gasteiger partial charge on any atom is -0.493 e. The van der Waals surface area contributed by atoms with Crippen molar-refractivity contribution >= 4 is 15.9 Å². The molecule has 0 saturated carbocycles. The molecule has 0 aliphatic carbocycles. The first-order valence-corrected chi connectivity index (χ1v) is 6.13. The summed E-state index contributed by atoms with van der Waals surface area (Å²) >= 11 is 2.95. The van der Waals surface area contributed by atoms with Gasteiger partial charge in [-0.1, -0.05) is 12.1 Å². The van der Waals surface area contributed by atoms with Crippen LogP contribution in [0, 0.1) is 0 Å². The van der Waals surface area contributed by atoms with Gasteiger partial charge >= 0.3 is 0 Å². The summed E-state index contributed by atoms with van der Waals surface area (Å²) < 4.78 is 5.46. The van der Waals surface area contributed by atoms with Gasteiger partial charge in [0.1, 0.15) is 16.0 Å². The van der Waals surface area contributed by atoms with E-state index in [1.807, 2.05) is 13.0 Å². The van der Waals surface area contributed by atoms with Crippen molar-refractivity contribution in [3.63, 3.8) is 0 Å². The fraction of sp³-hybridized carbons (Fsp3) is 0.167. The molecule has 2 aromatic rings. The number of hydrogen-bond donors (Lipinski definition) is 2. The van der Waals surface area contributed by atoms with Crippen molar-refractivity contribution in [3.05, 3.63) is 39.1 Å². The van der Waals surface area contributed by atoms with Crippen molar-refractivity contribution in [3.8, 4) is 23.0 Å². The van der Waals surface area contributed by atoms with Gasteiger partial charge in [-0.2, -0.15) is 4.98 Å². The molecular formula is C12H11BrN2O3. The fourth-order valence-electron chi connectivity index (χ4n) is 1.52. The Hall–Kier alpha value is -1.82. The summed E-state index contributed by atoms with van der Waals surface area (Å²) in [7, 11) is 0. The van der Waals surface area contributed by atoms with E-state index in [0.717, 1.165) is 0 Å². The number of aromatic amines is 1. The maximum atomic E-state index is 11.6. The van der Waals surface area contributed by atoms with Crippen LogP contribution in [0.3, 0.4) is 0 Å². The Morgan fingerprint density at radius 1 is 1.44 bits per heavy atom. The molecule has 0 aliphatic rings. The third-order valence-electron chi connectivity index (χ3n) is 2.29. The van der Waals surface area contributed by atoms with Crippen LogP contribution in [0.1, 0.15) is 6.92 Å². The zero-order chi connectivity index (χ0) is 13.1. The highest BCUT2D eigenvalue weighted by Gasteiger charge is 2.12. The normalized spacial score (nSPS) is 10.3. The predicted molar refractivity (Wildman–Crippen MR) is 70.8 cm³/mol. The highest BCUT2D eigenvalue weighted by molar-refractivity contribution is 9.10. The van der Waals surface area contributed by atoms with Crippen molar-refractivity contribution < 1.29 is 9.84 Å². The van der Waals surface area contributed by atoms with Gasteiger partial charge in [0.25, 0.3) is 5.56 Å². The number of H-pyrrole nitrogens is 1. The summed E-state index contributed by atoms with van der Waals surface area (Å²) in [6.07, 6.45) is 0. The first-order valence-electron chi connectivity index (χ1n) is 5.34. The fourth-order valence-corrected chi connectivity index (χ4v) is 1.71. The molecule has 6 heteroatoms.